The van der Waals surface area contributed by atoms with E-state index in [1.165, 1.54) is 12.1 Å². The van der Waals surface area contributed by atoms with Crippen LogP contribution in [0, 0.1) is 0 Å². The molecule has 0 saturated heterocycles. The van der Waals surface area contributed by atoms with Crippen molar-refractivity contribution >= 4 is 29.6 Å². The summed E-state index contributed by atoms with van der Waals surface area (Å²) in [6.45, 7) is 1.32. The molecule has 31 heavy (non-hydrogen) atoms. The molecule has 0 aliphatic carbocycles. The Morgan fingerprint density at radius 2 is 1.71 bits per heavy atom. The molecule has 0 bridgehead atoms. The van der Waals surface area contributed by atoms with E-state index in [-0.39, 0.29) is 36.7 Å². The largest absolute Gasteiger partial charge is 0.463 e. The maximum Gasteiger partial charge on any atom is 0.338 e. The molecule has 0 spiro atoms. The summed E-state index contributed by atoms with van der Waals surface area (Å²) in [4.78, 5) is 37.3. The first-order valence-electron chi connectivity index (χ1n) is 9.53. The van der Waals surface area contributed by atoms with Crippen LogP contribution in [0.2, 0.25) is 5.02 Å². The van der Waals surface area contributed by atoms with Gasteiger partial charge in [0.2, 0.25) is 0 Å². The second-order valence-electron chi connectivity index (χ2n) is 6.63. The smallest absolute Gasteiger partial charge is 0.338 e. The standard InChI is InChI=1S/C22H21ClN2O6/c1-2-30-21(28)18-17(12-31-20(27)15-5-3-13(11-26)4-6-15)24-22(29)25-19(18)14-7-9-16(23)10-8-14/h3-10,19,26H,2,11-12H2,1H3,(H2,24,25,29). The summed E-state index contributed by atoms with van der Waals surface area (Å²) in [5.74, 6) is -1.29. The molecule has 3 N–H and O–H groups in total. The van der Waals surface area contributed by atoms with Crippen molar-refractivity contribution in [3.8, 4) is 0 Å². The van der Waals surface area contributed by atoms with E-state index in [1.54, 1.807) is 43.3 Å². The molecule has 8 nitrogen and oxygen atoms in total. The minimum absolute atomic E-state index is 0.127. The van der Waals surface area contributed by atoms with Gasteiger partial charge in [0, 0.05) is 5.02 Å². The maximum atomic E-state index is 12.7. The molecule has 2 aromatic rings. The van der Waals surface area contributed by atoms with Crippen LogP contribution in [-0.2, 0) is 20.9 Å². The van der Waals surface area contributed by atoms with Gasteiger partial charge in [-0.05, 0) is 42.3 Å². The van der Waals surface area contributed by atoms with E-state index in [9.17, 15) is 14.4 Å². The molecule has 0 saturated carbocycles. The topological polar surface area (TPSA) is 114 Å². The monoisotopic (exact) mass is 444 g/mol. The third kappa shape index (κ3) is 5.42. The summed E-state index contributed by atoms with van der Waals surface area (Å²) in [5, 5.41) is 14.8. The molecule has 2 amide bonds. The van der Waals surface area contributed by atoms with Crippen molar-refractivity contribution in [2.45, 2.75) is 19.6 Å². The Morgan fingerprint density at radius 1 is 1.03 bits per heavy atom. The number of hydrogen-bond donors (Lipinski definition) is 3. The molecule has 1 heterocycles. The lowest BCUT2D eigenvalue weighted by atomic mass is 9.95. The van der Waals surface area contributed by atoms with Gasteiger partial charge in [-0.25, -0.2) is 14.4 Å². The number of hydrogen-bond acceptors (Lipinski definition) is 6. The molecule has 1 atom stereocenters. The van der Waals surface area contributed by atoms with E-state index in [0.29, 0.717) is 16.1 Å². The normalized spacial score (nSPS) is 15.7. The molecule has 1 aliphatic heterocycles. The molecular formula is C22H21ClN2O6. The first-order valence-corrected chi connectivity index (χ1v) is 9.90. The molecule has 162 valence electrons. The lowest BCUT2D eigenvalue weighted by Gasteiger charge is -2.29. The van der Waals surface area contributed by atoms with E-state index < -0.39 is 24.0 Å². The van der Waals surface area contributed by atoms with E-state index in [0.717, 1.165) is 0 Å². The van der Waals surface area contributed by atoms with E-state index in [2.05, 4.69) is 10.6 Å². The van der Waals surface area contributed by atoms with Crippen molar-refractivity contribution in [1.82, 2.24) is 10.6 Å². The number of benzene rings is 2. The fourth-order valence-corrected chi connectivity index (χ4v) is 3.18. The van der Waals surface area contributed by atoms with Gasteiger partial charge in [0.25, 0.3) is 0 Å². The number of aliphatic hydroxyl groups is 1. The number of carbonyl (C=O) groups excluding carboxylic acids is 3. The van der Waals surface area contributed by atoms with Crippen LogP contribution >= 0.6 is 11.6 Å². The fraction of sp³-hybridized carbons (Fsp3) is 0.227. The molecule has 1 unspecified atom stereocenters. The summed E-state index contributed by atoms with van der Waals surface area (Å²) in [6.07, 6.45) is 0. The van der Waals surface area contributed by atoms with Crippen LogP contribution < -0.4 is 10.6 Å². The molecule has 2 aromatic carbocycles. The van der Waals surface area contributed by atoms with Crippen molar-refractivity contribution in [2.75, 3.05) is 13.2 Å². The molecule has 3 rings (SSSR count). The van der Waals surface area contributed by atoms with Crippen LogP contribution in [0.15, 0.2) is 59.8 Å². The van der Waals surface area contributed by atoms with Gasteiger partial charge in [0.1, 0.15) is 6.61 Å². The van der Waals surface area contributed by atoms with Gasteiger partial charge in [-0.15, -0.1) is 0 Å². The number of carbonyl (C=O) groups is 3. The number of urea groups is 1. The Bertz CT molecular complexity index is 1000. The van der Waals surface area contributed by atoms with Crippen molar-refractivity contribution in [1.29, 1.82) is 0 Å². The van der Waals surface area contributed by atoms with Crippen molar-refractivity contribution < 1.29 is 29.0 Å². The average Bonchev–Trinajstić information content (AvgIpc) is 2.77. The minimum atomic E-state index is -0.803. The van der Waals surface area contributed by atoms with Crippen LogP contribution in [0.5, 0.6) is 0 Å². The molecule has 0 aromatic heterocycles. The van der Waals surface area contributed by atoms with Gasteiger partial charge in [-0.1, -0.05) is 35.9 Å². The Morgan fingerprint density at radius 3 is 2.32 bits per heavy atom. The SMILES string of the molecule is CCOC(=O)C1=C(COC(=O)c2ccc(CO)cc2)NC(=O)NC1c1ccc(Cl)cc1. The average molecular weight is 445 g/mol. The van der Waals surface area contributed by atoms with E-state index in [1.807, 2.05) is 0 Å². The van der Waals surface area contributed by atoms with Crippen LogP contribution in [0.25, 0.3) is 0 Å². The Labute approximate surface area is 183 Å². The van der Waals surface area contributed by atoms with Crippen LogP contribution in [0.1, 0.15) is 34.5 Å². The Hall–Kier alpha value is -3.36. The highest BCUT2D eigenvalue weighted by atomic mass is 35.5. The Kier molecular flexibility index (Phi) is 7.28. The summed E-state index contributed by atoms with van der Waals surface area (Å²) >= 11 is 5.94. The van der Waals surface area contributed by atoms with Crippen molar-refractivity contribution in [3.05, 3.63) is 81.5 Å². The quantitative estimate of drug-likeness (QED) is 0.566. The van der Waals surface area contributed by atoms with Crippen molar-refractivity contribution in [2.24, 2.45) is 0 Å². The fourth-order valence-electron chi connectivity index (χ4n) is 3.05. The Balaban J connectivity index is 1.88. The minimum Gasteiger partial charge on any atom is -0.463 e. The summed E-state index contributed by atoms with van der Waals surface area (Å²) < 4.78 is 10.5. The summed E-state index contributed by atoms with van der Waals surface area (Å²) in [6, 6.07) is 11.5. The van der Waals surface area contributed by atoms with E-state index in [4.69, 9.17) is 26.2 Å². The number of ether oxygens (including phenoxy) is 2. The third-order valence-electron chi connectivity index (χ3n) is 4.57. The van der Waals surface area contributed by atoms with Crippen LogP contribution in [0.3, 0.4) is 0 Å². The predicted octanol–water partition coefficient (Wildman–Crippen LogP) is 2.86. The second-order valence-corrected chi connectivity index (χ2v) is 7.06. The zero-order chi connectivity index (χ0) is 22.4. The van der Waals surface area contributed by atoms with Gasteiger partial charge in [-0.3, -0.25) is 0 Å². The highest BCUT2D eigenvalue weighted by Crippen LogP contribution is 2.29. The lowest BCUT2D eigenvalue weighted by molar-refractivity contribution is -0.139. The highest BCUT2D eigenvalue weighted by Gasteiger charge is 2.34. The molecule has 9 heteroatoms. The predicted molar refractivity (Wildman–Crippen MR) is 112 cm³/mol. The zero-order valence-corrected chi connectivity index (χ0v) is 17.4. The second kappa shape index (κ2) is 10.1. The van der Waals surface area contributed by atoms with Crippen LogP contribution in [0.4, 0.5) is 4.79 Å². The number of amides is 2. The number of aliphatic hydroxyl groups excluding tert-OH is 1. The maximum absolute atomic E-state index is 12.7. The van der Waals surface area contributed by atoms with Gasteiger partial charge in [-0.2, -0.15) is 0 Å². The summed E-state index contributed by atoms with van der Waals surface area (Å²) in [5.41, 5.74) is 1.80. The number of nitrogens with one attached hydrogen (secondary N) is 2. The summed E-state index contributed by atoms with van der Waals surface area (Å²) in [7, 11) is 0. The molecule has 0 fully saturated rings. The number of esters is 2. The van der Waals surface area contributed by atoms with Crippen molar-refractivity contribution in [3.63, 3.8) is 0 Å². The first-order chi connectivity index (χ1) is 14.9. The molecule has 1 aliphatic rings. The lowest BCUT2D eigenvalue weighted by Crippen LogP contribution is -2.47. The van der Waals surface area contributed by atoms with Gasteiger partial charge in [0.15, 0.2) is 0 Å². The number of halogens is 1. The first kappa shape index (κ1) is 22.3. The van der Waals surface area contributed by atoms with Gasteiger partial charge < -0.3 is 25.2 Å². The van der Waals surface area contributed by atoms with E-state index >= 15 is 0 Å². The zero-order valence-electron chi connectivity index (χ0n) is 16.7. The third-order valence-corrected chi connectivity index (χ3v) is 4.82. The van der Waals surface area contributed by atoms with Gasteiger partial charge in [0.05, 0.1) is 36.1 Å². The van der Waals surface area contributed by atoms with Crippen LogP contribution in [-0.4, -0.2) is 36.3 Å². The number of rotatable bonds is 7. The molecule has 0 radical (unpaired) electrons. The molecular weight excluding hydrogens is 424 g/mol. The highest BCUT2D eigenvalue weighted by molar-refractivity contribution is 6.30. The van der Waals surface area contributed by atoms with Gasteiger partial charge >= 0.3 is 18.0 Å².